The van der Waals surface area contributed by atoms with E-state index in [0.29, 0.717) is 5.69 Å². The van der Waals surface area contributed by atoms with Crippen molar-refractivity contribution in [1.82, 2.24) is 25.2 Å². The zero-order valence-corrected chi connectivity index (χ0v) is 14.3. The molecule has 24 heavy (non-hydrogen) atoms. The molecule has 1 atom stereocenters. The number of benzene rings is 1. The van der Waals surface area contributed by atoms with Gasteiger partial charge in [0, 0.05) is 19.1 Å². The number of rotatable bonds is 5. The molecule has 0 spiro atoms. The maximum Gasteiger partial charge on any atom is 0.276 e. The van der Waals surface area contributed by atoms with Crippen LogP contribution in [0.2, 0.25) is 0 Å². The molecule has 3 rings (SSSR count). The minimum atomic E-state index is -0.0370. The SMILES string of the molecule is CNCC1CCCN1C(=O)c1nnn(-c2ccc(OC)cc2)c1C. The minimum Gasteiger partial charge on any atom is -0.497 e. The largest absolute Gasteiger partial charge is 0.497 e. The summed E-state index contributed by atoms with van der Waals surface area (Å²) in [6.45, 7) is 3.46. The second-order valence-electron chi connectivity index (χ2n) is 5.99. The van der Waals surface area contributed by atoms with Crippen LogP contribution >= 0.6 is 0 Å². The van der Waals surface area contributed by atoms with E-state index in [1.54, 1.807) is 11.8 Å². The zero-order chi connectivity index (χ0) is 17.1. The summed E-state index contributed by atoms with van der Waals surface area (Å²) in [5.41, 5.74) is 2.03. The lowest BCUT2D eigenvalue weighted by Crippen LogP contribution is -2.41. The van der Waals surface area contributed by atoms with Crippen LogP contribution in [0, 0.1) is 6.92 Å². The van der Waals surface area contributed by atoms with Crippen molar-refractivity contribution in [2.75, 3.05) is 27.2 Å². The molecule has 0 saturated carbocycles. The zero-order valence-electron chi connectivity index (χ0n) is 14.3. The van der Waals surface area contributed by atoms with Crippen LogP contribution < -0.4 is 10.1 Å². The van der Waals surface area contributed by atoms with Gasteiger partial charge in [-0.1, -0.05) is 5.21 Å². The monoisotopic (exact) mass is 329 g/mol. The van der Waals surface area contributed by atoms with Crippen LogP contribution in [0.3, 0.4) is 0 Å². The summed E-state index contributed by atoms with van der Waals surface area (Å²) in [5, 5.41) is 11.5. The fourth-order valence-electron chi connectivity index (χ4n) is 3.18. The summed E-state index contributed by atoms with van der Waals surface area (Å²) in [6, 6.07) is 7.75. The van der Waals surface area contributed by atoms with E-state index in [-0.39, 0.29) is 11.9 Å². The van der Waals surface area contributed by atoms with Crippen LogP contribution in [0.15, 0.2) is 24.3 Å². The Morgan fingerprint density at radius 3 is 2.79 bits per heavy atom. The van der Waals surface area contributed by atoms with Gasteiger partial charge in [0.15, 0.2) is 5.69 Å². The molecule has 7 nitrogen and oxygen atoms in total. The third-order valence-corrected chi connectivity index (χ3v) is 4.49. The molecule has 1 saturated heterocycles. The molecule has 1 aliphatic heterocycles. The molecule has 7 heteroatoms. The van der Waals surface area contributed by atoms with Gasteiger partial charge in [-0.05, 0) is 51.1 Å². The number of hydrogen-bond donors (Lipinski definition) is 1. The van der Waals surface area contributed by atoms with Gasteiger partial charge in [0.2, 0.25) is 0 Å². The molecule has 1 fully saturated rings. The molecule has 1 aliphatic rings. The third-order valence-electron chi connectivity index (χ3n) is 4.49. The van der Waals surface area contributed by atoms with Gasteiger partial charge in [-0.3, -0.25) is 4.79 Å². The number of likely N-dealkylation sites (N-methyl/N-ethyl adjacent to an activating group) is 1. The van der Waals surface area contributed by atoms with Crippen molar-refractivity contribution in [2.24, 2.45) is 0 Å². The molecule has 2 heterocycles. The van der Waals surface area contributed by atoms with Crippen molar-refractivity contribution in [3.05, 3.63) is 35.7 Å². The second kappa shape index (κ2) is 7.00. The molecule has 1 unspecified atom stereocenters. The first-order valence-electron chi connectivity index (χ1n) is 8.18. The first-order chi connectivity index (χ1) is 11.7. The Morgan fingerprint density at radius 2 is 2.12 bits per heavy atom. The number of methoxy groups -OCH3 is 1. The fourth-order valence-corrected chi connectivity index (χ4v) is 3.18. The number of aromatic nitrogens is 3. The van der Waals surface area contributed by atoms with E-state index in [0.717, 1.165) is 43.1 Å². The van der Waals surface area contributed by atoms with Crippen LogP contribution in [-0.4, -0.2) is 59.1 Å². The lowest BCUT2D eigenvalue weighted by molar-refractivity contribution is 0.0730. The number of amides is 1. The van der Waals surface area contributed by atoms with E-state index in [1.807, 2.05) is 43.1 Å². The summed E-state index contributed by atoms with van der Waals surface area (Å²) in [7, 11) is 3.54. The topological polar surface area (TPSA) is 72.3 Å². The molecule has 0 aliphatic carbocycles. The number of carbonyl (C=O) groups is 1. The standard InChI is InChI=1S/C17H23N5O2/c1-12-16(17(23)21-10-4-5-14(21)11-18-2)19-20-22(12)13-6-8-15(24-3)9-7-13/h6-9,14,18H,4-5,10-11H2,1-3H3. The Labute approximate surface area is 141 Å². The van der Waals surface area contributed by atoms with Gasteiger partial charge in [-0.15, -0.1) is 5.10 Å². The number of nitrogens with one attached hydrogen (secondary N) is 1. The van der Waals surface area contributed by atoms with Crippen LogP contribution in [-0.2, 0) is 0 Å². The first-order valence-corrected chi connectivity index (χ1v) is 8.18. The predicted octanol–water partition coefficient (Wildman–Crippen LogP) is 1.41. The fraction of sp³-hybridized carbons (Fsp3) is 0.471. The summed E-state index contributed by atoms with van der Waals surface area (Å²) in [4.78, 5) is 14.8. The van der Waals surface area contributed by atoms with Gasteiger partial charge in [0.1, 0.15) is 5.75 Å². The van der Waals surface area contributed by atoms with Gasteiger partial charge in [0.05, 0.1) is 18.5 Å². The highest BCUT2D eigenvalue weighted by Gasteiger charge is 2.31. The van der Waals surface area contributed by atoms with E-state index in [1.165, 1.54) is 0 Å². The molecular formula is C17H23N5O2. The predicted molar refractivity (Wildman–Crippen MR) is 90.6 cm³/mol. The van der Waals surface area contributed by atoms with Crippen molar-refractivity contribution in [3.8, 4) is 11.4 Å². The van der Waals surface area contributed by atoms with E-state index in [4.69, 9.17) is 4.74 Å². The molecule has 1 N–H and O–H groups in total. The number of nitrogens with zero attached hydrogens (tertiary/aromatic N) is 4. The lowest BCUT2D eigenvalue weighted by atomic mass is 10.2. The van der Waals surface area contributed by atoms with Crippen LogP contribution in [0.25, 0.3) is 5.69 Å². The normalized spacial score (nSPS) is 17.3. The minimum absolute atomic E-state index is 0.0370. The molecular weight excluding hydrogens is 306 g/mol. The van der Waals surface area contributed by atoms with Gasteiger partial charge in [-0.2, -0.15) is 0 Å². The second-order valence-corrected chi connectivity index (χ2v) is 5.99. The number of carbonyl (C=O) groups excluding carboxylic acids is 1. The maximum absolute atomic E-state index is 12.9. The Balaban J connectivity index is 1.85. The Kier molecular flexibility index (Phi) is 4.80. The maximum atomic E-state index is 12.9. The summed E-state index contributed by atoms with van der Waals surface area (Å²) < 4.78 is 6.86. The molecule has 0 bridgehead atoms. The molecule has 1 amide bonds. The van der Waals surface area contributed by atoms with Crippen molar-refractivity contribution in [2.45, 2.75) is 25.8 Å². The first kappa shape index (κ1) is 16.4. The molecule has 128 valence electrons. The highest BCUT2D eigenvalue weighted by molar-refractivity contribution is 5.93. The molecule has 0 radical (unpaired) electrons. The summed E-state index contributed by atoms with van der Waals surface area (Å²) in [6.07, 6.45) is 2.06. The highest BCUT2D eigenvalue weighted by atomic mass is 16.5. The lowest BCUT2D eigenvalue weighted by Gasteiger charge is -2.23. The van der Waals surface area contributed by atoms with Crippen molar-refractivity contribution < 1.29 is 9.53 Å². The van der Waals surface area contributed by atoms with E-state index < -0.39 is 0 Å². The Bertz CT molecular complexity index is 710. The summed E-state index contributed by atoms with van der Waals surface area (Å²) >= 11 is 0. The van der Waals surface area contributed by atoms with Crippen LogP contribution in [0.4, 0.5) is 0 Å². The third kappa shape index (κ3) is 2.99. The molecule has 1 aromatic heterocycles. The average Bonchev–Trinajstić information content (AvgIpc) is 3.21. The van der Waals surface area contributed by atoms with Gasteiger partial charge < -0.3 is 15.0 Å². The van der Waals surface area contributed by atoms with Crippen molar-refractivity contribution in [1.29, 1.82) is 0 Å². The Hall–Kier alpha value is -2.41. The number of ether oxygens (including phenoxy) is 1. The van der Waals surface area contributed by atoms with Crippen LogP contribution in [0.1, 0.15) is 29.0 Å². The highest BCUT2D eigenvalue weighted by Crippen LogP contribution is 2.22. The average molecular weight is 329 g/mol. The van der Waals surface area contributed by atoms with Gasteiger partial charge in [0.25, 0.3) is 5.91 Å². The Morgan fingerprint density at radius 1 is 1.38 bits per heavy atom. The van der Waals surface area contributed by atoms with Gasteiger partial charge in [-0.25, -0.2) is 4.68 Å². The van der Waals surface area contributed by atoms with Crippen molar-refractivity contribution >= 4 is 5.91 Å². The van der Waals surface area contributed by atoms with E-state index in [9.17, 15) is 4.79 Å². The number of likely N-dealkylation sites (tertiary alicyclic amines) is 1. The number of hydrogen-bond acceptors (Lipinski definition) is 5. The van der Waals surface area contributed by atoms with E-state index >= 15 is 0 Å². The molecule has 1 aromatic carbocycles. The van der Waals surface area contributed by atoms with Gasteiger partial charge >= 0.3 is 0 Å². The van der Waals surface area contributed by atoms with E-state index in [2.05, 4.69) is 15.6 Å². The summed E-state index contributed by atoms with van der Waals surface area (Å²) in [5.74, 6) is 0.741. The van der Waals surface area contributed by atoms with Crippen molar-refractivity contribution in [3.63, 3.8) is 0 Å². The smallest absolute Gasteiger partial charge is 0.276 e. The van der Waals surface area contributed by atoms with Crippen LogP contribution in [0.5, 0.6) is 5.75 Å². The molecule has 2 aromatic rings. The quantitative estimate of drug-likeness (QED) is 0.898.